The predicted molar refractivity (Wildman–Crippen MR) is 58.2 cm³/mol. The maximum Gasteiger partial charge on any atom is 0.307 e. The molecule has 3 nitrogen and oxygen atoms in total. The van der Waals surface area contributed by atoms with Gasteiger partial charge in [-0.25, -0.2) is 0 Å². The lowest BCUT2D eigenvalue weighted by molar-refractivity contribution is -0.143. The highest BCUT2D eigenvalue weighted by Gasteiger charge is 2.09. The van der Waals surface area contributed by atoms with Crippen molar-refractivity contribution in [1.29, 1.82) is 0 Å². The first-order valence-corrected chi connectivity index (χ1v) is 5.36. The number of nitrogens with one attached hydrogen (secondary N) is 1. The molecule has 0 aliphatic carbocycles. The lowest BCUT2D eigenvalue weighted by Gasteiger charge is -2.19. The number of carbonyl (C=O) groups excluding carboxylic acids is 1. The first-order valence-electron chi connectivity index (χ1n) is 5.36. The van der Waals surface area contributed by atoms with Gasteiger partial charge in [-0.15, -0.1) is 0 Å². The third-order valence-electron chi connectivity index (χ3n) is 1.75. The molecule has 0 amide bonds. The second-order valence-corrected chi connectivity index (χ2v) is 4.50. The first kappa shape index (κ1) is 13.4. The summed E-state index contributed by atoms with van der Waals surface area (Å²) in [6, 6.07) is 0. The number of esters is 1. The zero-order valence-corrected chi connectivity index (χ0v) is 9.85. The zero-order valence-electron chi connectivity index (χ0n) is 9.85. The van der Waals surface area contributed by atoms with Crippen LogP contribution in [0, 0.1) is 0 Å². The molecular formula is C11H23NO2. The lowest BCUT2D eigenvalue weighted by Crippen LogP contribution is -2.37. The van der Waals surface area contributed by atoms with Gasteiger partial charge in [-0.3, -0.25) is 4.79 Å². The third-order valence-corrected chi connectivity index (χ3v) is 1.75. The molecular weight excluding hydrogens is 178 g/mol. The van der Waals surface area contributed by atoms with Gasteiger partial charge in [-0.05, 0) is 27.2 Å². The minimum Gasteiger partial charge on any atom is -0.466 e. The Hall–Kier alpha value is -0.570. The van der Waals surface area contributed by atoms with Crippen LogP contribution >= 0.6 is 0 Å². The van der Waals surface area contributed by atoms with E-state index in [1.807, 2.05) is 0 Å². The van der Waals surface area contributed by atoms with Gasteiger partial charge in [-0.2, -0.15) is 0 Å². The Balaban J connectivity index is 3.36. The maximum atomic E-state index is 11.1. The smallest absolute Gasteiger partial charge is 0.307 e. The number of unbranched alkanes of at least 4 members (excludes halogenated alkanes) is 1. The van der Waals surface area contributed by atoms with Crippen molar-refractivity contribution < 1.29 is 9.53 Å². The molecule has 0 fully saturated rings. The van der Waals surface area contributed by atoms with Gasteiger partial charge in [0.2, 0.25) is 0 Å². The summed E-state index contributed by atoms with van der Waals surface area (Å²) in [5.41, 5.74) is 0.0731. The van der Waals surface area contributed by atoms with Gasteiger partial charge < -0.3 is 10.1 Å². The SMILES string of the molecule is CCCCOC(=O)CCNC(C)(C)C. The van der Waals surface area contributed by atoms with E-state index < -0.39 is 0 Å². The van der Waals surface area contributed by atoms with E-state index in [0.717, 1.165) is 12.8 Å². The molecule has 14 heavy (non-hydrogen) atoms. The molecule has 3 heteroatoms. The van der Waals surface area contributed by atoms with E-state index in [1.165, 1.54) is 0 Å². The predicted octanol–water partition coefficient (Wildman–Crippen LogP) is 2.11. The molecule has 0 radical (unpaired) electrons. The fourth-order valence-electron chi connectivity index (χ4n) is 0.942. The van der Waals surface area contributed by atoms with E-state index in [4.69, 9.17) is 4.74 Å². The van der Waals surface area contributed by atoms with E-state index in [-0.39, 0.29) is 11.5 Å². The van der Waals surface area contributed by atoms with Crippen LogP contribution in [0.2, 0.25) is 0 Å². The van der Waals surface area contributed by atoms with E-state index in [1.54, 1.807) is 0 Å². The van der Waals surface area contributed by atoms with E-state index in [0.29, 0.717) is 19.6 Å². The molecule has 0 aromatic rings. The van der Waals surface area contributed by atoms with Crippen LogP contribution in [0.3, 0.4) is 0 Å². The molecule has 0 saturated heterocycles. The molecule has 0 heterocycles. The standard InChI is InChI=1S/C11H23NO2/c1-5-6-9-14-10(13)7-8-12-11(2,3)4/h12H,5-9H2,1-4H3. The van der Waals surface area contributed by atoms with Gasteiger partial charge in [0.1, 0.15) is 0 Å². The third kappa shape index (κ3) is 9.52. The number of hydrogen-bond donors (Lipinski definition) is 1. The molecule has 0 bridgehead atoms. The summed E-state index contributed by atoms with van der Waals surface area (Å²) in [5, 5.41) is 3.24. The lowest BCUT2D eigenvalue weighted by atomic mass is 10.1. The van der Waals surface area contributed by atoms with Crippen LogP contribution < -0.4 is 5.32 Å². The largest absolute Gasteiger partial charge is 0.466 e. The molecule has 0 unspecified atom stereocenters. The number of hydrogen-bond acceptors (Lipinski definition) is 3. The Kier molecular flexibility index (Phi) is 6.54. The van der Waals surface area contributed by atoms with Crippen molar-refractivity contribution in [3.63, 3.8) is 0 Å². The van der Waals surface area contributed by atoms with Gasteiger partial charge in [0.25, 0.3) is 0 Å². The molecule has 0 aromatic heterocycles. The van der Waals surface area contributed by atoms with Gasteiger partial charge in [0, 0.05) is 12.1 Å². The molecule has 0 saturated carbocycles. The Morgan fingerprint density at radius 2 is 2.00 bits per heavy atom. The van der Waals surface area contributed by atoms with Crippen molar-refractivity contribution in [2.24, 2.45) is 0 Å². The number of ether oxygens (including phenoxy) is 1. The van der Waals surface area contributed by atoms with Crippen molar-refractivity contribution in [1.82, 2.24) is 5.32 Å². The van der Waals surface area contributed by atoms with E-state index in [9.17, 15) is 4.79 Å². The van der Waals surface area contributed by atoms with Crippen LogP contribution in [0.1, 0.15) is 47.0 Å². The van der Waals surface area contributed by atoms with Crippen LogP contribution in [0.25, 0.3) is 0 Å². The summed E-state index contributed by atoms with van der Waals surface area (Å²) in [6.07, 6.45) is 2.48. The monoisotopic (exact) mass is 201 g/mol. The van der Waals surface area contributed by atoms with E-state index >= 15 is 0 Å². The average Bonchev–Trinajstić information content (AvgIpc) is 2.02. The Labute approximate surface area is 87.2 Å². The van der Waals surface area contributed by atoms with Crippen LogP contribution in [0.15, 0.2) is 0 Å². The molecule has 0 aliphatic heterocycles. The van der Waals surface area contributed by atoms with Crippen LogP contribution in [-0.4, -0.2) is 24.7 Å². The Morgan fingerprint density at radius 3 is 2.50 bits per heavy atom. The molecule has 0 aromatic carbocycles. The molecule has 0 atom stereocenters. The van der Waals surface area contributed by atoms with Crippen LogP contribution in [-0.2, 0) is 9.53 Å². The van der Waals surface area contributed by atoms with Crippen molar-refractivity contribution in [2.45, 2.75) is 52.5 Å². The fourth-order valence-corrected chi connectivity index (χ4v) is 0.942. The van der Waals surface area contributed by atoms with Crippen LogP contribution in [0.4, 0.5) is 0 Å². The van der Waals surface area contributed by atoms with Gasteiger partial charge in [-0.1, -0.05) is 13.3 Å². The highest BCUT2D eigenvalue weighted by atomic mass is 16.5. The van der Waals surface area contributed by atoms with Crippen molar-refractivity contribution in [2.75, 3.05) is 13.2 Å². The van der Waals surface area contributed by atoms with Crippen molar-refractivity contribution in [3.8, 4) is 0 Å². The molecule has 84 valence electrons. The average molecular weight is 201 g/mol. The normalized spacial score (nSPS) is 11.4. The number of carbonyl (C=O) groups is 1. The Morgan fingerprint density at radius 1 is 1.36 bits per heavy atom. The van der Waals surface area contributed by atoms with E-state index in [2.05, 4.69) is 33.0 Å². The van der Waals surface area contributed by atoms with Gasteiger partial charge in [0.05, 0.1) is 13.0 Å². The summed E-state index contributed by atoms with van der Waals surface area (Å²) in [4.78, 5) is 11.1. The highest BCUT2D eigenvalue weighted by Crippen LogP contribution is 1.98. The second-order valence-electron chi connectivity index (χ2n) is 4.50. The minimum absolute atomic E-state index is 0.0731. The molecule has 0 aliphatic rings. The fraction of sp³-hybridized carbons (Fsp3) is 0.909. The van der Waals surface area contributed by atoms with Crippen molar-refractivity contribution >= 4 is 5.97 Å². The van der Waals surface area contributed by atoms with Gasteiger partial charge in [0.15, 0.2) is 0 Å². The second kappa shape index (κ2) is 6.82. The number of rotatable bonds is 6. The summed E-state index contributed by atoms with van der Waals surface area (Å²) in [5.74, 6) is -0.102. The van der Waals surface area contributed by atoms with Crippen LogP contribution in [0.5, 0.6) is 0 Å². The van der Waals surface area contributed by atoms with Crippen molar-refractivity contribution in [3.05, 3.63) is 0 Å². The minimum atomic E-state index is -0.102. The molecule has 0 spiro atoms. The molecule has 0 rings (SSSR count). The zero-order chi connectivity index (χ0) is 11.0. The quantitative estimate of drug-likeness (QED) is 0.528. The Bertz CT molecular complexity index is 161. The summed E-state index contributed by atoms with van der Waals surface area (Å²) in [7, 11) is 0. The van der Waals surface area contributed by atoms with Gasteiger partial charge >= 0.3 is 5.97 Å². The summed E-state index contributed by atoms with van der Waals surface area (Å²) >= 11 is 0. The summed E-state index contributed by atoms with van der Waals surface area (Å²) in [6.45, 7) is 9.56. The summed E-state index contributed by atoms with van der Waals surface area (Å²) < 4.78 is 5.02. The first-order chi connectivity index (χ1) is 6.45. The highest BCUT2D eigenvalue weighted by molar-refractivity contribution is 5.69. The topological polar surface area (TPSA) is 38.3 Å². The maximum absolute atomic E-state index is 11.1. The molecule has 1 N–H and O–H groups in total.